The zero-order chi connectivity index (χ0) is 66.8. The molecule has 0 radical (unpaired) electrons. The molecule has 0 saturated carbocycles. The Labute approximate surface area is 546 Å². The summed E-state index contributed by atoms with van der Waals surface area (Å²) in [4.78, 5) is 98.6. The van der Waals surface area contributed by atoms with Crippen LogP contribution in [0.15, 0.2) is 129 Å². The molecule has 9 rings (SSSR count). The van der Waals surface area contributed by atoms with Gasteiger partial charge in [0.2, 0.25) is 23.6 Å². The number of sulfone groups is 1. The molecule has 1 unspecified atom stereocenters. The molecular weight excluding hydrogens is 1260 g/mol. The van der Waals surface area contributed by atoms with E-state index in [2.05, 4.69) is 58.0 Å². The highest BCUT2D eigenvalue weighted by molar-refractivity contribution is 7.99. The molecule has 5 aliphatic rings. The minimum atomic E-state index is -6.17. The largest absolute Gasteiger partial charge is 0.501 e. The SMILES string of the molecule is C=C(CCC)C1=C(CN2CCN(c3ccc(C(=O)NS(=O)(=O)c4ccc(N[C@H](CCN5CCN(C(=O)CCCCCCC(=O)Nc6cccc7c6C(=O)N(C6CCC(=O)NC6=O)C7=O)CC5)CSc5ccccc5)c(S(=O)(=O)C(F)(F)F)c4)cc3)CC2)CCC(C)(C)C1. The summed E-state index contributed by atoms with van der Waals surface area (Å²) < 4.78 is 99.7. The van der Waals surface area contributed by atoms with Gasteiger partial charge < -0.3 is 20.4 Å². The number of halogens is 3. The number of unbranched alkanes of at least 4 members (excludes halogenated alkanes) is 3. The fourth-order valence-corrected chi connectivity index (χ4v) is 15.6. The Morgan fingerprint density at radius 3 is 2.14 bits per heavy atom. The average molecular weight is 1340 g/mol. The van der Waals surface area contributed by atoms with Crippen molar-refractivity contribution in [1.82, 2.24) is 29.6 Å². The number of carbonyl (C=O) groups excluding carboxylic acids is 7. The molecule has 500 valence electrons. The van der Waals surface area contributed by atoms with Crippen molar-refractivity contribution in [1.29, 1.82) is 0 Å². The number of imide groups is 2. The predicted molar refractivity (Wildman–Crippen MR) is 350 cm³/mol. The number of carbonyl (C=O) groups is 7. The Morgan fingerprint density at radius 1 is 0.774 bits per heavy atom. The van der Waals surface area contributed by atoms with Gasteiger partial charge in [0.05, 0.1) is 27.4 Å². The molecule has 0 bridgehead atoms. The van der Waals surface area contributed by atoms with Gasteiger partial charge in [0, 0.05) is 113 Å². The Hall–Kier alpha value is -7.39. The molecule has 4 aliphatic heterocycles. The maximum absolute atomic E-state index is 14.5. The van der Waals surface area contributed by atoms with Crippen LogP contribution in [0.2, 0.25) is 0 Å². The van der Waals surface area contributed by atoms with Crippen LogP contribution in [0, 0.1) is 5.41 Å². The van der Waals surface area contributed by atoms with Gasteiger partial charge in [0.1, 0.15) is 10.9 Å². The Balaban J connectivity index is 0.751. The highest BCUT2D eigenvalue weighted by atomic mass is 32.2. The van der Waals surface area contributed by atoms with Crippen molar-refractivity contribution in [3.05, 3.63) is 131 Å². The summed E-state index contributed by atoms with van der Waals surface area (Å²) in [5.41, 5.74) is -0.960. The smallest absolute Gasteiger partial charge is 0.380 e. The molecule has 3 saturated heterocycles. The Bertz CT molecular complexity index is 3740. The first-order valence-corrected chi connectivity index (χ1v) is 35.7. The number of hydrogen-bond acceptors (Lipinski definition) is 16. The number of hydrogen-bond donors (Lipinski definition) is 4. The molecular formula is C67H82F3N9O11S3. The van der Waals surface area contributed by atoms with Crippen molar-refractivity contribution in [2.24, 2.45) is 5.41 Å². The van der Waals surface area contributed by atoms with Crippen LogP contribution in [0.4, 0.5) is 30.2 Å². The molecule has 93 heavy (non-hydrogen) atoms. The quantitative estimate of drug-likeness (QED) is 0.0246. The zero-order valence-corrected chi connectivity index (χ0v) is 55.2. The predicted octanol–water partition coefficient (Wildman–Crippen LogP) is 9.57. The van der Waals surface area contributed by atoms with E-state index in [4.69, 9.17) is 0 Å². The van der Waals surface area contributed by atoms with Gasteiger partial charge in [0.15, 0.2) is 0 Å². The molecule has 1 aliphatic carbocycles. The number of alkyl halides is 3. The first kappa shape index (κ1) is 69.9. The van der Waals surface area contributed by atoms with Gasteiger partial charge in [-0.25, -0.2) is 21.6 Å². The summed E-state index contributed by atoms with van der Waals surface area (Å²) in [7, 11) is -11.1. The van der Waals surface area contributed by atoms with E-state index in [0.29, 0.717) is 70.9 Å². The molecule has 2 atom stereocenters. The van der Waals surface area contributed by atoms with Gasteiger partial charge in [-0.05, 0) is 129 Å². The van der Waals surface area contributed by atoms with Crippen LogP contribution in [-0.4, -0.2) is 167 Å². The van der Waals surface area contributed by atoms with Crippen molar-refractivity contribution >= 4 is 90.0 Å². The van der Waals surface area contributed by atoms with E-state index < -0.39 is 82.5 Å². The standard InChI is InChI=1S/C67H82F3N9O11S3/c1-5-14-45(2)53-42-66(3,4)31-29-47(53)43-76-35-37-77(38-36-76)49-23-21-46(22-24-49)62(83)74-93(89,90)51-25-26-54(57(41-51)92(87,88)67(68,69)70)71-48(44-91-50-15-9-8-10-16-50)30-32-75-33-39-78(40-34-75)60(82)20-12-7-6-11-19-58(80)72-55-18-13-17-52-61(55)65(86)79(64(52)85)56-27-28-59(81)73-63(56)84/h8-10,13,15-18,21-26,41,48,56,71H,2,5-7,11-12,14,19-20,27-40,42-44H2,1,3-4H3,(H,72,80)(H,74,83)(H,73,81,84)/t48-,56?/m1/s1. The highest BCUT2D eigenvalue weighted by Gasteiger charge is 2.49. The third-order valence-corrected chi connectivity index (χ3v) is 21.9. The summed E-state index contributed by atoms with van der Waals surface area (Å²) in [6, 6.07) is 20.6. The summed E-state index contributed by atoms with van der Waals surface area (Å²) in [5, 5.41) is 7.88. The molecule has 4 aromatic rings. The van der Waals surface area contributed by atoms with Crippen LogP contribution < -0.4 is 25.6 Å². The molecule has 26 heteroatoms. The second kappa shape index (κ2) is 30.3. The average Bonchev–Trinajstić information content (AvgIpc) is 1.75. The van der Waals surface area contributed by atoms with E-state index in [-0.39, 0.29) is 71.0 Å². The van der Waals surface area contributed by atoms with Crippen LogP contribution in [0.3, 0.4) is 0 Å². The number of amides is 7. The molecule has 0 aromatic heterocycles. The van der Waals surface area contributed by atoms with E-state index in [1.165, 1.54) is 58.8 Å². The minimum Gasteiger partial charge on any atom is -0.380 e. The van der Waals surface area contributed by atoms with E-state index >= 15 is 0 Å². The molecule has 20 nitrogen and oxygen atoms in total. The Kier molecular flexibility index (Phi) is 22.8. The van der Waals surface area contributed by atoms with Gasteiger partial charge in [-0.1, -0.05) is 82.0 Å². The fourth-order valence-electron chi connectivity index (χ4n) is 12.6. The number of nitrogens with zero attached hydrogens (tertiary/aromatic N) is 5. The number of fused-ring (bicyclic) bond motifs is 1. The molecule has 3 fully saturated rings. The second-order valence-corrected chi connectivity index (χ2v) is 29.9. The summed E-state index contributed by atoms with van der Waals surface area (Å²) >= 11 is 1.39. The first-order chi connectivity index (χ1) is 44.2. The summed E-state index contributed by atoms with van der Waals surface area (Å²) in [6.07, 6.45) is 8.27. The monoisotopic (exact) mass is 1340 g/mol. The van der Waals surface area contributed by atoms with Crippen LogP contribution in [-0.2, 0) is 39.0 Å². The number of piperidine rings is 1. The van der Waals surface area contributed by atoms with E-state index in [9.17, 15) is 63.6 Å². The number of rotatable bonds is 27. The third-order valence-electron chi connectivity index (χ3n) is 17.9. The number of sulfonamides is 1. The molecule has 0 spiro atoms. The van der Waals surface area contributed by atoms with Gasteiger partial charge in [0.25, 0.3) is 37.6 Å². The topological polar surface area (TPSA) is 252 Å². The lowest BCUT2D eigenvalue weighted by Crippen LogP contribution is -2.54. The zero-order valence-electron chi connectivity index (χ0n) is 52.8. The second-order valence-electron chi connectivity index (χ2n) is 25.2. The lowest BCUT2D eigenvalue weighted by Gasteiger charge is -2.39. The third kappa shape index (κ3) is 17.5. The molecule has 4 heterocycles. The van der Waals surface area contributed by atoms with Gasteiger partial charge in [-0.2, -0.15) is 13.2 Å². The lowest BCUT2D eigenvalue weighted by atomic mass is 9.72. The number of anilines is 3. The first-order valence-electron chi connectivity index (χ1n) is 31.8. The summed E-state index contributed by atoms with van der Waals surface area (Å²) in [6.45, 7) is 17.4. The number of thioether (sulfide) groups is 1. The molecule has 4 N–H and O–H groups in total. The number of nitrogens with one attached hydrogen (secondary N) is 4. The van der Waals surface area contributed by atoms with Crippen molar-refractivity contribution in [3.63, 3.8) is 0 Å². The van der Waals surface area contributed by atoms with E-state index in [1.54, 1.807) is 17.0 Å². The van der Waals surface area contributed by atoms with Gasteiger partial charge in [-0.15, -0.1) is 11.8 Å². The van der Waals surface area contributed by atoms with E-state index in [1.807, 2.05) is 35.1 Å². The van der Waals surface area contributed by atoms with Crippen LogP contribution in [0.1, 0.15) is 142 Å². The highest BCUT2D eigenvalue weighted by Crippen LogP contribution is 2.43. The maximum Gasteiger partial charge on any atom is 0.501 e. The molecule has 7 amide bonds. The maximum atomic E-state index is 14.5. The number of piperazine rings is 2. The van der Waals surface area contributed by atoms with Gasteiger partial charge >= 0.3 is 5.51 Å². The van der Waals surface area contributed by atoms with Crippen LogP contribution in [0.25, 0.3) is 0 Å². The Morgan fingerprint density at radius 2 is 1.46 bits per heavy atom. The van der Waals surface area contributed by atoms with Crippen LogP contribution >= 0.6 is 11.8 Å². The number of allylic oxidation sites excluding steroid dienone is 2. The molecule has 4 aromatic carbocycles. The fraction of sp³-hybridized carbons (Fsp3) is 0.478. The van der Waals surface area contributed by atoms with Gasteiger partial charge in [-0.3, -0.25) is 53.6 Å². The lowest BCUT2D eigenvalue weighted by molar-refractivity contribution is -0.136. The van der Waals surface area contributed by atoms with Crippen LogP contribution in [0.5, 0.6) is 0 Å². The van der Waals surface area contributed by atoms with E-state index in [0.717, 1.165) is 92.4 Å². The van der Waals surface area contributed by atoms with Crippen molar-refractivity contribution < 1.29 is 63.6 Å². The normalized spacial score (nSPS) is 18.7. The number of benzene rings is 4. The summed E-state index contributed by atoms with van der Waals surface area (Å²) in [5.74, 6) is -3.86. The minimum absolute atomic E-state index is 0.00233. The van der Waals surface area contributed by atoms with Crippen molar-refractivity contribution in [2.75, 3.05) is 86.7 Å². The van der Waals surface area contributed by atoms with Crippen molar-refractivity contribution in [2.45, 2.75) is 143 Å². The van der Waals surface area contributed by atoms with Crippen molar-refractivity contribution in [3.8, 4) is 0 Å².